The number of alkyl halides is 1. The lowest BCUT2D eigenvalue weighted by Crippen LogP contribution is -2.20. The van der Waals surface area contributed by atoms with E-state index in [1.54, 1.807) is 0 Å². The molecule has 0 aromatic heterocycles. The van der Waals surface area contributed by atoms with E-state index >= 15 is 0 Å². The first-order valence-corrected chi connectivity index (χ1v) is 9.40. The standard InChI is InChI=1S/C16H22BrIO2/c1-2-3-4-5-6-9-13(12-17)20-16(19)14-10-7-8-11-15(14)18/h7-8,10-11,13H,2-6,9,12H2,1H3. The average molecular weight is 453 g/mol. The zero-order valence-electron chi connectivity index (χ0n) is 11.9. The van der Waals surface area contributed by atoms with Gasteiger partial charge in [0.05, 0.1) is 5.56 Å². The van der Waals surface area contributed by atoms with Crippen molar-refractivity contribution in [1.29, 1.82) is 0 Å². The van der Waals surface area contributed by atoms with Crippen LogP contribution in [0, 0.1) is 3.57 Å². The van der Waals surface area contributed by atoms with Crippen molar-refractivity contribution in [2.24, 2.45) is 0 Å². The minimum absolute atomic E-state index is 0.0277. The maximum absolute atomic E-state index is 12.1. The lowest BCUT2D eigenvalue weighted by Gasteiger charge is -2.16. The number of rotatable bonds is 9. The highest BCUT2D eigenvalue weighted by atomic mass is 127. The van der Waals surface area contributed by atoms with Crippen LogP contribution >= 0.6 is 38.5 Å². The Kier molecular flexibility index (Phi) is 9.52. The van der Waals surface area contributed by atoms with Gasteiger partial charge in [0, 0.05) is 8.90 Å². The van der Waals surface area contributed by atoms with Crippen LogP contribution in [0.5, 0.6) is 0 Å². The summed E-state index contributed by atoms with van der Waals surface area (Å²) in [7, 11) is 0. The molecule has 0 aliphatic carbocycles. The summed E-state index contributed by atoms with van der Waals surface area (Å²) in [5, 5.41) is 0.704. The average Bonchev–Trinajstić information content (AvgIpc) is 2.46. The van der Waals surface area contributed by atoms with Gasteiger partial charge in [0.1, 0.15) is 6.10 Å². The van der Waals surface area contributed by atoms with E-state index in [2.05, 4.69) is 45.4 Å². The molecule has 1 aromatic rings. The third kappa shape index (κ3) is 6.57. The van der Waals surface area contributed by atoms with Gasteiger partial charge >= 0.3 is 5.97 Å². The number of halogens is 2. The number of benzene rings is 1. The van der Waals surface area contributed by atoms with E-state index in [9.17, 15) is 4.79 Å². The Balaban J connectivity index is 2.40. The monoisotopic (exact) mass is 452 g/mol. The summed E-state index contributed by atoms with van der Waals surface area (Å²) in [6.07, 6.45) is 7.07. The van der Waals surface area contributed by atoms with Gasteiger partial charge in [0.25, 0.3) is 0 Å². The van der Waals surface area contributed by atoms with Crippen molar-refractivity contribution in [3.63, 3.8) is 0 Å². The molecule has 4 heteroatoms. The largest absolute Gasteiger partial charge is 0.458 e. The lowest BCUT2D eigenvalue weighted by molar-refractivity contribution is 0.0330. The Morgan fingerprint density at radius 3 is 2.60 bits per heavy atom. The first-order chi connectivity index (χ1) is 9.69. The lowest BCUT2D eigenvalue weighted by atomic mass is 10.1. The van der Waals surface area contributed by atoms with Crippen LogP contribution in [-0.2, 0) is 4.74 Å². The maximum atomic E-state index is 12.1. The first kappa shape index (κ1) is 18.0. The Morgan fingerprint density at radius 2 is 1.95 bits per heavy atom. The Hall–Kier alpha value is -0.100. The molecule has 0 spiro atoms. The van der Waals surface area contributed by atoms with Crippen LogP contribution in [0.1, 0.15) is 55.8 Å². The van der Waals surface area contributed by atoms with Gasteiger partial charge in [-0.3, -0.25) is 0 Å². The third-order valence-electron chi connectivity index (χ3n) is 3.17. The van der Waals surface area contributed by atoms with Crippen LogP contribution in [0.25, 0.3) is 0 Å². The highest BCUT2D eigenvalue weighted by molar-refractivity contribution is 14.1. The molecule has 0 fully saturated rings. The molecule has 0 N–H and O–H groups in total. The van der Waals surface area contributed by atoms with Crippen LogP contribution in [0.4, 0.5) is 0 Å². The van der Waals surface area contributed by atoms with E-state index in [0.717, 1.165) is 16.4 Å². The van der Waals surface area contributed by atoms with Crippen molar-refractivity contribution in [3.05, 3.63) is 33.4 Å². The van der Waals surface area contributed by atoms with Gasteiger partial charge in [-0.05, 0) is 47.6 Å². The molecule has 0 saturated carbocycles. The smallest absolute Gasteiger partial charge is 0.339 e. The van der Waals surface area contributed by atoms with Crippen LogP contribution in [-0.4, -0.2) is 17.4 Å². The third-order valence-corrected chi connectivity index (χ3v) is 4.83. The minimum Gasteiger partial charge on any atom is -0.458 e. The number of hydrogen-bond donors (Lipinski definition) is 0. The van der Waals surface area contributed by atoms with E-state index < -0.39 is 0 Å². The predicted molar refractivity (Wildman–Crippen MR) is 95.5 cm³/mol. The van der Waals surface area contributed by atoms with Crippen molar-refractivity contribution in [1.82, 2.24) is 0 Å². The molecule has 0 bridgehead atoms. The zero-order valence-corrected chi connectivity index (χ0v) is 15.7. The van der Waals surface area contributed by atoms with Crippen LogP contribution in [0.2, 0.25) is 0 Å². The van der Waals surface area contributed by atoms with Gasteiger partial charge in [-0.1, -0.05) is 60.7 Å². The summed E-state index contributed by atoms with van der Waals surface area (Å²) < 4.78 is 6.52. The van der Waals surface area contributed by atoms with Gasteiger partial charge in [0.15, 0.2) is 0 Å². The fourth-order valence-corrected chi connectivity index (χ4v) is 3.05. The molecule has 2 nitrogen and oxygen atoms in total. The highest BCUT2D eigenvalue weighted by Crippen LogP contribution is 2.16. The summed E-state index contributed by atoms with van der Waals surface area (Å²) in [6, 6.07) is 7.53. The predicted octanol–water partition coefficient (Wildman–Crippen LogP) is 5.57. The van der Waals surface area contributed by atoms with Gasteiger partial charge in [0.2, 0.25) is 0 Å². The molecule has 0 heterocycles. The number of esters is 1. The summed E-state index contributed by atoms with van der Waals surface area (Å²) in [5.41, 5.74) is 0.657. The van der Waals surface area contributed by atoms with Crippen molar-refractivity contribution >= 4 is 44.5 Å². The van der Waals surface area contributed by atoms with Gasteiger partial charge in [-0.15, -0.1) is 0 Å². The van der Waals surface area contributed by atoms with Crippen LogP contribution in [0.3, 0.4) is 0 Å². The molecule has 1 atom stereocenters. The van der Waals surface area contributed by atoms with E-state index in [1.165, 1.54) is 25.7 Å². The zero-order chi connectivity index (χ0) is 14.8. The van der Waals surface area contributed by atoms with Gasteiger partial charge in [-0.2, -0.15) is 0 Å². The number of unbranched alkanes of at least 4 members (excludes halogenated alkanes) is 4. The molecule has 0 radical (unpaired) electrons. The quantitative estimate of drug-likeness (QED) is 0.212. The van der Waals surface area contributed by atoms with E-state index in [-0.39, 0.29) is 12.1 Å². The van der Waals surface area contributed by atoms with Crippen molar-refractivity contribution in [2.75, 3.05) is 5.33 Å². The molecule has 1 rings (SSSR count). The highest BCUT2D eigenvalue weighted by Gasteiger charge is 2.16. The second-order valence-corrected chi connectivity index (χ2v) is 6.67. The normalized spacial score (nSPS) is 12.2. The molecule has 20 heavy (non-hydrogen) atoms. The molecule has 1 aromatic carbocycles. The molecular weight excluding hydrogens is 431 g/mol. The number of carbonyl (C=O) groups is 1. The molecule has 0 amide bonds. The van der Waals surface area contributed by atoms with E-state index in [1.807, 2.05) is 24.3 Å². The molecule has 1 unspecified atom stereocenters. The fourth-order valence-electron chi connectivity index (χ4n) is 1.98. The topological polar surface area (TPSA) is 26.3 Å². The summed E-state index contributed by atoms with van der Waals surface area (Å²) in [6.45, 7) is 2.21. The van der Waals surface area contributed by atoms with Crippen LogP contribution < -0.4 is 0 Å². The van der Waals surface area contributed by atoms with Crippen molar-refractivity contribution in [3.8, 4) is 0 Å². The first-order valence-electron chi connectivity index (χ1n) is 7.20. The second-order valence-electron chi connectivity index (χ2n) is 4.86. The molecular formula is C16H22BrIO2. The van der Waals surface area contributed by atoms with E-state index in [0.29, 0.717) is 10.9 Å². The molecule has 0 aliphatic rings. The SMILES string of the molecule is CCCCCCCC(CBr)OC(=O)c1ccccc1I. The van der Waals surface area contributed by atoms with Gasteiger partial charge in [-0.25, -0.2) is 4.79 Å². The summed E-state index contributed by atoms with van der Waals surface area (Å²) >= 11 is 5.60. The fraction of sp³-hybridized carbons (Fsp3) is 0.562. The minimum atomic E-state index is -0.215. The molecule has 0 aliphatic heterocycles. The maximum Gasteiger partial charge on any atom is 0.339 e. The number of hydrogen-bond acceptors (Lipinski definition) is 2. The Morgan fingerprint density at radius 1 is 1.25 bits per heavy atom. The summed E-state index contributed by atoms with van der Waals surface area (Å²) in [5.74, 6) is -0.215. The Labute approximate surface area is 143 Å². The number of ether oxygens (including phenoxy) is 1. The van der Waals surface area contributed by atoms with Gasteiger partial charge < -0.3 is 4.74 Å². The molecule has 112 valence electrons. The van der Waals surface area contributed by atoms with E-state index in [4.69, 9.17) is 4.74 Å². The second kappa shape index (κ2) is 10.6. The molecule has 0 saturated heterocycles. The number of carbonyl (C=O) groups excluding carboxylic acids is 1. The van der Waals surface area contributed by atoms with Crippen LogP contribution in [0.15, 0.2) is 24.3 Å². The summed E-state index contributed by atoms with van der Waals surface area (Å²) in [4.78, 5) is 12.1. The Bertz CT molecular complexity index is 409. The van der Waals surface area contributed by atoms with Crippen molar-refractivity contribution < 1.29 is 9.53 Å². The van der Waals surface area contributed by atoms with Crippen molar-refractivity contribution in [2.45, 2.75) is 51.6 Å².